The molecule has 0 spiro atoms. The van der Waals surface area contributed by atoms with E-state index < -0.39 is 35.9 Å². The number of hydrogen-bond acceptors (Lipinski definition) is 6. The molecule has 2 unspecified atom stereocenters. The summed E-state index contributed by atoms with van der Waals surface area (Å²) in [7, 11) is 0. The lowest BCUT2D eigenvalue weighted by atomic mass is 9.82. The zero-order valence-electron chi connectivity index (χ0n) is 17.7. The predicted octanol–water partition coefficient (Wildman–Crippen LogP) is 2.76. The number of carbonyl (C=O) groups is 2. The van der Waals surface area contributed by atoms with E-state index in [9.17, 15) is 22.8 Å². The Hall–Kier alpha value is -3.21. The van der Waals surface area contributed by atoms with Crippen molar-refractivity contribution in [3.8, 4) is 5.75 Å². The van der Waals surface area contributed by atoms with Gasteiger partial charge in [0, 0.05) is 12.4 Å². The second-order valence-corrected chi connectivity index (χ2v) is 8.46. The fourth-order valence-corrected chi connectivity index (χ4v) is 3.38. The molecule has 1 saturated heterocycles. The van der Waals surface area contributed by atoms with Gasteiger partial charge in [0.05, 0.1) is 18.5 Å². The van der Waals surface area contributed by atoms with Gasteiger partial charge in [-0.1, -0.05) is 32.9 Å². The van der Waals surface area contributed by atoms with Gasteiger partial charge in [0.1, 0.15) is 11.9 Å². The third-order valence-electron chi connectivity index (χ3n) is 4.82. The van der Waals surface area contributed by atoms with Gasteiger partial charge in [-0.3, -0.25) is 14.9 Å². The van der Waals surface area contributed by atoms with Crippen molar-refractivity contribution in [2.75, 3.05) is 0 Å². The maximum absolute atomic E-state index is 13.0. The minimum Gasteiger partial charge on any atom is -0.406 e. The average molecular weight is 451 g/mol. The van der Waals surface area contributed by atoms with Crippen molar-refractivity contribution in [1.29, 1.82) is 0 Å². The third kappa shape index (κ3) is 6.16. The highest BCUT2D eigenvalue weighted by molar-refractivity contribution is 5.89. The van der Waals surface area contributed by atoms with E-state index in [1.54, 1.807) is 6.07 Å². The summed E-state index contributed by atoms with van der Waals surface area (Å²) in [5.41, 5.74) is 0.129. The fraction of sp³-hybridized carbons (Fsp3) is 0.429. The SMILES string of the molecule is CC(C)(C)[C@@H](NC(=O)C1CC(=O)NC(c2ncccn2)N1)c1ccc(OC(F)(F)F)cc1. The molecule has 2 heterocycles. The van der Waals surface area contributed by atoms with Crippen LogP contribution < -0.4 is 20.7 Å². The zero-order valence-corrected chi connectivity index (χ0v) is 17.7. The van der Waals surface area contributed by atoms with Crippen LogP contribution in [0.4, 0.5) is 13.2 Å². The molecule has 0 bridgehead atoms. The van der Waals surface area contributed by atoms with Crippen molar-refractivity contribution in [3.05, 3.63) is 54.1 Å². The summed E-state index contributed by atoms with van der Waals surface area (Å²) in [6, 6.07) is 5.60. The molecule has 8 nitrogen and oxygen atoms in total. The number of carbonyl (C=O) groups excluding carboxylic acids is 2. The first-order valence-corrected chi connectivity index (χ1v) is 9.91. The monoisotopic (exact) mass is 451 g/mol. The van der Waals surface area contributed by atoms with E-state index in [1.807, 2.05) is 20.8 Å². The van der Waals surface area contributed by atoms with Gasteiger partial charge in [0.25, 0.3) is 0 Å². The molecule has 0 radical (unpaired) electrons. The molecule has 1 aromatic carbocycles. The van der Waals surface area contributed by atoms with Crippen LogP contribution in [0.1, 0.15) is 50.8 Å². The molecule has 0 saturated carbocycles. The number of amides is 2. The number of halogens is 3. The lowest BCUT2D eigenvalue weighted by Crippen LogP contribution is -2.57. The van der Waals surface area contributed by atoms with E-state index >= 15 is 0 Å². The summed E-state index contributed by atoms with van der Waals surface area (Å²) in [4.78, 5) is 33.4. The molecule has 0 aliphatic carbocycles. The number of alkyl halides is 3. The highest BCUT2D eigenvalue weighted by atomic mass is 19.4. The highest BCUT2D eigenvalue weighted by Crippen LogP contribution is 2.34. The molecular formula is C21H24F3N5O3. The maximum atomic E-state index is 13.0. The zero-order chi connectivity index (χ0) is 23.5. The lowest BCUT2D eigenvalue weighted by Gasteiger charge is -2.35. The number of rotatable bonds is 5. The van der Waals surface area contributed by atoms with Crippen molar-refractivity contribution in [2.24, 2.45) is 5.41 Å². The van der Waals surface area contributed by atoms with Crippen LogP contribution in [0, 0.1) is 5.41 Å². The molecule has 172 valence electrons. The molecule has 1 aromatic heterocycles. The van der Waals surface area contributed by atoms with E-state index in [-0.39, 0.29) is 18.1 Å². The summed E-state index contributed by atoms with van der Waals surface area (Å²) in [6.07, 6.45) is -2.53. The van der Waals surface area contributed by atoms with E-state index in [2.05, 4.69) is 30.7 Å². The van der Waals surface area contributed by atoms with Gasteiger partial charge in [-0.25, -0.2) is 9.97 Å². The Morgan fingerprint density at radius 2 is 1.78 bits per heavy atom. The van der Waals surface area contributed by atoms with Crippen molar-refractivity contribution in [1.82, 2.24) is 25.9 Å². The molecular weight excluding hydrogens is 427 g/mol. The van der Waals surface area contributed by atoms with Crippen LogP contribution in [-0.2, 0) is 9.59 Å². The van der Waals surface area contributed by atoms with Crippen molar-refractivity contribution < 1.29 is 27.5 Å². The van der Waals surface area contributed by atoms with Gasteiger partial charge in [0.15, 0.2) is 5.82 Å². The number of nitrogens with zero attached hydrogens (tertiary/aromatic N) is 2. The first kappa shape index (κ1) is 23.5. The topological polar surface area (TPSA) is 105 Å². The first-order chi connectivity index (χ1) is 14.9. The van der Waals surface area contributed by atoms with E-state index in [4.69, 9.17) is 0 Å². The number of benzene rings is 1. The Morgan fingerprint density at radius 3 is 2.34 bits per heavy atom. The van der Waals surface area contributed by atoms with Crippen molar-refractivity contribution in [2.45, 2.75) is 51.8 Å². The van der Waals surface area contributed by atoms with Gasteiger partial charge in [0.2, 0.25) is 11.8 Å². The average Bonchev–Trinajstić information content (AvgIpc) is 2.71. The molecule has 2 aromatic rings. The predicted molar refractivity (Wildman–Crippen MR) is 108 cm³/mol. The molecule has 3 atom stereocenters. The lowest BCUT2D eigenvalue weighted by molar-refractivity contribution is -0.274. The van der Waals surface area contributed by atoms with Gasteiger partial charge in [-0.15, -0.1) is 13.2 Å². The van der Waals surface area contributed by atoms with Gasteiger partial charge in [-0.2, -0.15) is 0 Å². The van der Waals surface area contributed by atoms with Crippen LogP contribution in [0.15, 0.2) is 42.7 Å². The Kier molecular flexibility index (Phi) is 6.68. The molecule has 3 rings (SSSR count). The quantitative estimate of drug-likeness (QED) is 0.646. The number of nitrogens with one attached hydrogen (secondary N) is 3. The summed E-state index contributed by atoms with van der Waals surface area (Å²) in [5.74, 6) is -0.777. The van der Waals surface area contributed by atoms with Crippen LogP contribution in [-0.4, -0.2) is 34.2 Å². The van der Waals surface area contributed by atoms with E-state index in [0.717, 1.165) is 0 Å². The number of ether oxygens (including phenoxy) is 1. The van der Waals surface area contributed by atoms with Crippen LogP contribution in [0.5, 0.6) is 5.75 Å². The standard InChI is InChI=1S/C21H24F3N5O3/c1-20(2,3)16(12-5-7-13(8-6-12)32-21(22,23)24)29-19(31)14-11-15(30)28-18(27-14)17-25-9-4-10-26-17/h4-10,14,16,18,27H,11H2,1-3H3,(H,28,30)(H,29,31)/t14?,16-,18?/m0/s1. The smallest absolute Gasteiger partial charge is 0.406 e. The highest BCUT2D eigenvalue weighted by Gasteiger charge is 2.36. The normalized spacial score (nSPS) is 20.2. The maximum Gasteiger partial charge on any atom is 0.573 e. The number of aromatic nitrogens is 2. The second-order valence-electron chi connectivity index (χ2n) is 8.46. The fourth-order valence-electron chi connectivity index (χ4n) is 3.38. The molecule has 1 fully saturated rings. The Labute approximate surface area is 183 Å². The summed E-state index contributed by atoms with van der Waals surface area (Å²) in [6.45, 7) is 5.67. The van der Waals surface area contributed by atoms with Crippen LogP contribution in [0.3, 0.4) is 0 Å². The Morgan fingerprint density at radius 1 is 1.16 bits per heavy atom. The molecule has 32 heavy (non-hydrogen) atoms. The van der Waals surface area contributed by atoms with Crippen LogP contribution in [0.25, 0.3) is 0 Å². The minimum atomic E-state index is -4.79. The third-order valence-corrected chi connectivity index (χ3v) is 4.82. The van der Waals surface area contributed by atoms with Gasteiger partial charge >= 0.3 is 6.36 Å². The second kappa shape index (κ2) is 9.11. The molecule has 2 amide bonds. The number of hydrogen-bond donors (Lipinski definition) is 3. The van der Waals surface area contributed by atoms with Gasteiger partial charge < -0.3 is 15.4 Å². The largest absolute Gasteiger partial charge is 0.573 e. The van der Waals surface area contributed by atoms with E-state index in [1.165, 1.54) is 36.7 Å². The summed E-state index contributed by atoms with van der Waals surface area (Å²) in [5, 5.41) is 8.64. The Bertz CT molecular complexity index is 946. The molecule has 1 aliphatic heterocycles. The minimum absolute atomic E-state index is 0.0790. The van der Waals surface area contributed by atoms with Crippen LogP contribution >= 0.6 is 0 Å². The summed E-state index contributed by atoms with van der Waals surface area (Å²) < 4.78 is 41.2. The molecule has 1 aliphatic rings. The van der Waals surface area contributed by atoms with Crippen LogP contribution in [0.2, 0.25) is 0 Å². The first-order valence-electron chi connectivity index (χ1n) is 9.91. The van der Waals surface area contributed by atoms with Crippen molar-refractivity contribution >= 4 is 11.8 Å². The molecule has 11 heteroatoms. The summed E-state index contributed by atoms with van der Waals surface area (Å²) >= 11 is 0. The Balaban J connectivity index is 1.75. The van der Waals surface area contributed by atoms with E-state index in [0.29, 0.717) is 11.4 Å². The van der Waals surface area contributed by atoms with Gasteiger partial charge in [-0.05, 0) is 29.2 Å². The van der Waals surface area contributed by atoms with Crippen molar-refractivity contribution in [3.63, 3.8) is 0 Å². The molecule has 3 N–H and O–H groups in total.